The highest BCUT2D eigenvalue weighted by Crippen LogP contribution is 2.20. The van der Waals surface area contributed by atoms with Crippen LogP contribution < -0.4 is 3.53 Å². The summed E-state index contributed by atoms with van der Waals surface area (Å²) < 4.78 is 3.25. The third kappa shape index (κ3) is 3.57. The molecule has 0 heterocycles. The monoisotopic (exact) mass is 373 g/mol. The molecule has 20 heavy (non-hydrogen) atoms. The van der Waals surface area contributed by atoms with Gasteiger partial charge in [-0.1, -0.05) is 24.3 Å². The molecule has 2 aromatic carbocycles. The summed E-state index contributed by atoms with van der Waals surface area (Å²) in [5.41, 5.74) is 3.65. The van der Waals surface area contributed by atoms with Gasteiger partial charge in [0.15, 0.2) is 0 Å². The van der Waals surface area contributed by atoms with Crippen molar-refractivity contribution in [3.05, 3.63) is 70.8 Å². The Kier molecular flexibility index (Phi) is 5.11. The maximum atomic E-state index is 8.82. The molecule has 0 saturated carbocycles. The molecular weight excluding hydrogens is 361 g/mol. The molecule has 0 radical (unpaired) electrons. The van der Waals surface area contributed by atoms with Crippen LogP contribution in [0.2, 0.25) is 0 Å². The highest BCUT2D eigenvalue weighted by atomic mass is 127. The van der Waals surface area contributed by atoms with Crippen LogP contribution in [0.15, 0.2) is 48.5 Å². The minimum Gasteiger partial charge on any atom is -0.253 e. The molecule has 1 unspecified atom stereocenters. The summed E-state index contributed by atoms with van der Waals surface area (Å²) in [6.07, 6.45) is 0.834. The van der Waals surface area contributed by atoms with Crippen LogP contribution in [0.5, 0.6) is 0 Å². The van der Waals surface area contributed by atoms with Gasteiger partial charge in [0, 0.05) is 28.9 Å². The highest BCUT2D eigenvalue weighted by molar-refractivity contribution is 14.1. The molecule has 0 aliphatic carbocycles. The molecule has 0 aliphatic heterocycles. The number of halogens is 1. The Morgan fingerprint density at radius 3 is 1.85 bits per heavy atom. The fraction of sp³-hybridized carbons (Fsp3) is 0.125. The van der Waals surface area contributed by atoms with Gasteiger partial charge in [-0.2, -0.15) is 10.5 Å². The molecule has 0 aromatic heterocycles. The van der Waals surface area contributed by atoms with Crippen LogP contribution >= 0.6 is 22.9 Å². The largest absolute Gasteiger partial charge is 0.253 e. The first-order chi connectivity index (χ1) is 9.76. The molecule has 0 bridgehead atoms. The molecule has 1 N–H and O–H groups in total. The Hall–Kier alpha value is -1.89. The molecule has 0 amide bonds. The summed E-state index contributed by atoms with van der Waals surface area (Å²) in [6, 6.07) is 19.6. The van der Waals surface area contributed by atoms with E-state index >= 15 is 0 Å². The van der Waals surface area contributed by atoms with Crippen LogP contribution in [0.3, 0.4) is 0 Å². The van der Waals surface area contributed by atoms with Crippen molar-refractivity contribution in [1.82, 2.24) is 3.53 Å². The molecular formula is C16H12IN3. The lowest BCUT2D eigenvalue weighted by atomic mass is 9.98. The van der Waals surface area contributed by atoms with E-state index in [2.05, 4.69) is 38.5 Å². The zero-order valence-electron chi connectivity index (χ0n) is 10.7. The number of rotatable bonds is 4. The first kappa shape index (κ1) is 14.5. The van der Waals surface area contributed by atoms with Gasteiger partial charge in [0.25, 0.3) is 0 Å². The van der Waals surface area contributed by atoms with Crippen molar-refractivity contribution in [3.63, 3.8) is 0 Å². The van der Waals surface area contributed by atoms with Gasteiger partial charge in [-0.25, -0.2) is 0 Å². The average molecular weight is 373 g/mol. The molecule has 1 atom stereocenters. The van der Waals surface area contributed by atoms with Gasteiger partial charge >= 0.3 is 0 Å². The van der Waals surface area contributed by atoms with Gasteiger partial charge < -0.3 is 0 Å². The summed E-state index contributed by atoms with van der Waals surface area (Å²) in [4.78, 5) is 0. The van der Waals surface area contributed by atoms with Crippen LogP contribution in [-0.4, -0.2) is 0 Å². The zero-order chi connectivity index (χ0) is 14.4. The van der Waals surface area contributed by atoms with Crippen LogP contribution in [0.1, 0.15) is 28.3 Å². The van der Waals surface area contributed by atoms with Crippen molar-refractivity contribution in [2.75, 3.05) is 0 Å². The van der Waals surface area contributed by atoms with E-state index < -0.39 is 0 Å². The van der Waals surface area contributed by atoms with Gasteiger partial charge in [-0.05, 0) is 41.8 Å². The predicted octanol–water partition coefficient (Wildman–Crippen LogP) is 3.65. The molecule has 4 heteroatoms. The molecule has 0 spiro atoms. The van der Waals surface area contributed by atoms with E-state index in [4.69, 9.17) is 10.5 Å². The van der Waals surface area contributed by atoms with Crippen molar-refractivity contribution < 1.29 is 0 Å². The number of nitrogens with zero attached hydrogens (tertiary/aromatic N) is 2. The number of nitrogens with one attached hydrogen (secondary N) is 1. The molecule has 0 fully saturated rings. The van der Waals surface area contributed by atoms with E-state index in [-0.39, 0.29) is 6.04 Å². The fourth-order valence-electron chi connectivity index (χ4n) is 1.96. The normalized spacial score (nSPS) is 11.3. The SMILES string of the molecule is N#Cc1ccc(CC(NI)c2ccc(C#N)cc2)cc1. The van der Waals surface area contributed by atoms with Crippen molar-refractivity contribution in [2.24, 2.45) is 0 Å². The first-order valence-electron chi connectivity index (χ1n) is 6.12. The summed E-state index contributed by atoms with van der Waals surface area (Å²) in [6.45, 7) is 0. The Morgan fingerprint density at radius 2 is 1.40 bits per heavy atom. The summed E-state index contributed by atoms with van der Waals surface area (Å²) in [7, 11) is 0. The molecule has 98 valence electrons. The maximum absolute atomic E-state index is 8.82. The van der Waals surface area contributed by atoms with Gasteiger partial charge in [0.05, 0.1) is 23.3 Å². The topological polar surface area (TPSA) is 59.6 Å². The van der Waals surface area contributed by atoms with Crippen molar-refractivity contribution in [3.8, 4) is 12.1 Å². The third-order valence-corrected chi connectivity index (χ3v) is 3.85. The van der Waals surface area contributed by atoms with E-state index in [1.807, 2.05) is 48.5 Å². The number of nitriles is 2. The van der Waals surface area contributed by atoms with Crippen LogP contribution in [0.25, 0.3) is 0 Å². The minimum atomic E-state index is 0.177. The van der Waals surface area contributed by atoms with E-state index in [1.165, 1.54) is 5.56 Å². The van der Waals surface area contributed by atoms with Gasteiger partial charge in [-0.15, -0.1) is 0 Å². The smallest absolute Gasteiger partial charge is 0.0991 e. The molecule has 2 rings (SSSR count). The molecule has 0 aliphatic rings. The first-order valence-corrected chi connectivity index (χ1v) is 7.20. The van der Waals surface area contributed by atoms with E-state index in [1.54, 1.807) is 0 Å². The standard InChI is InChI=1S/C16H12IN3/c17-20-16(15-7-5-14(11-19)6-8-15)9-12-1-3-13(10-18)4-2-12/h1-8,16,20H,9H2. The van der Waals surface area contributed by atoms with Crippen LogP contribution in [0, 0.1) is 22.7 Å². The second kappa shape index (κ2) is 7.04. The summed E-state index contributed by atoms with van der Waals surface area (Å²) in [5.74, 6) is 0. The third-order valence-electron chi connectivity index (χ3n) is 3.10. The molecule has 0 saturated heterocycles. The van der Waals surface area contributed by atoms with Crippen molar-refractivity contribution in [2.45, 2.75) is 12.5 Å². The minimum absolute atomic E-state index is 0.177. The highest BCUT2D eigenvalue weighted by Gasteiger charge is 2.10. The molecule has 2 aromatic rings. The predicted molar refractivity (Wildman–Crippen MR) is 85.9 cm³/mol. The lowest BCUT2D eigenvalue weighted by Crippen LogP contribution is -2.13. The Labute approximate surface area is 132 Å². The second-order valence-electron chi connectivity index (χ2n) is 4.41. The van der Waals surface area contributed by atoms with Gasteiger partial charge in [0.1, 0.15) is 0 Å². The summed E-state index contributed by atoms with van der Waals surface area (Å²) >= 11 is 2.14. The van der Waals surface area contributed by atoms with Gasteiger partial charge in [0.2, 0.25) is 0 Å². The number of hydrogen-bond acceptors (Lipinski definition) is 3. The summed E-state index contributed by atoms with van der Waals surface area (Å²) in [5, 5.41) is 17.6. The van der Waals surface area contributed by atoms with Crippen LogP contribution in [0.4, 0.5) is 0 Å². The maximum Gasteiger partial charge on any atom is 0.0991 e. The van der Waals surface area contributed by atoms with Crippen molar-refractivity contribution in [1.29, 1.82) is 10.5 Å². The fourth-order valence-corrected chi connectivity index (χ4v) is 2.54. The van der Waals surface area contributed by atoms with E-state index in [0.717, 1.165) is 12.0 Å². The Bertz CT molecular complexity index is 648. The van der Waals surface area contributed by atoms with Crippen LogP contribution in [-0.2, 0) is 6.42 Å². The lowest BCUT2D eigenvalue weighted by Gasteiger charge is -2.15. The van der Waals surface area contributed by atoms with Gasteiger partial charge in [-0.3, -0.25) is 3.53 Å². The lowest BCUT2D eigenvalue weighted by molar-refractivity contribution is 0.691. The number of hydrogen-bond donors (Lipinski definition) is 1. The van der Waals surface area contributed by atoms with E-state index in [0.29, 0.717) is 11.1 Å². The second-order valence-corrected chi connectivity index (χ2v) is 5.03. The van der Waals surface area contributed by atoms with Crippen molar-refractivity contribution >= 4 is 22.9 Å². The zero-order valence-corrected chi connectivity index (χ0v) is 12.8. The Balaban J connectivity index is 2.15. The molecule has 3 nitrogen and oxygen atoms in total. The quantitative estimate of drug-likeness (QED) is 0.658. The van der Waals surface area contributed by atoms with E-state index in [9.17, 15) is 0 Å². The Morgan fingerprint density at radius 1 is 0.900 bits per heavy atom. The average Bonchev–Trinajstić information content (AvgIpc) is 2.53. The number of benzene rings is 2.